The lowest BCUT2D eigenvalue weighted by Crippen LogP contribution is -2.27. The van der Waals surface area contributed by atoms with Crippen LogP contribution in [-0.2, 0) is 17.9 Å². The predicted octanol–water partition coefficient (Wildman–Crippen LogP) is 7.13. The SMILES string of the molecule is COc1cc(/C=C2/SC(=O)N(Cc3ccc(Cl)cc3Cl)C2=O)ccc1OCc1ccc(C)cc1. The average Bonchev–Trinajstić information content (AvgIpc) is 3.08. The van der Waals surface area contributed by atoms with Crippen LogP contribution in [0.25, 0.3) is 6.08 Å². The van der Waals surface area contributed by atoms with Crippen LogP contribution in [-0.4, -0.2) is 23.2 Å². The predicted molar refractivity (Wildman–Crippen MR) is 136 cm³/mol. The van der Waals surface area contributed by atoms with E-state index >= 15 is 0 Å². The number of hydrogen-bond donors (Lipinski definition) is 0. The molecule has 2 amide bonds. The zero-order valence-corrected chi connectivity index (χ0v) is 20.8. The molecule has 0 aliphatic carbocycles. The lowest BCUT2D eigenvalue weighted by molar-refractivity contribution is -0.123. The van der Waals surface area contributed by atoms with Crippen LogP contribution in [0.15, 0.2) is 65.6 Å². The van der Waals surface area contributed by atoms with Gasteiger partial charge in [0.05, 0.1) is 18.6 Å². The van der Waals surface area contributed by atoms with Crippen LogP contribution in [0.5, 0.6) is 11.5 Å². The van der Waals surface area contributed by atoms with Crippen molar-refractivity contribution in [3.63, 3.8) is 0 Å². The average molecular weight is 514 g/mol. The summed E-state index contributed by atoms with van der Waals surface area (Å²) < 4.78 is 11.4. The highest BCUT2D eigenvalue weighted by Crippen LogP contribution is 2.36. The molecule has 1 heterocycles. The van der Waals surface area contributed by atoms with Crippen LogP contribution in [0.4, 0.5) is 4.79 Å². The Bertz CT molecular complexity index is 1270. The molecule has 0 atom stereocenters. The van der Waals surface area contributed by atoms with Gasteiger partial charge in [-0.05, 0) is 65.7 Å². The van der Waals surface area contributed by atoms with Crippen molar-refractivity contribution in [2.24, 2.45) is 0 Å². The van der Waals surface area contributed by atoms with E-state index in [0.29, 0.717) is 38.6 Å². The van der Waals surface area contributed by atoms with Crippen molar-refractivity contribution in [3.05, 3.63) is 97.9 Å². The topological polar surface area (TPSA) is 55.8 Å². The van der Waals surface area contributed by atoms with Crippen molar-refractivity contribution in [1.29, 1.82) is 0 Å². The summed E-state index contributed by atoms with van der Waals surface area (Å²) in [4.78, 5) is 26.9. The number of hydrogen-bond acceptors (Lipinski definition) is 5. The first kappa shape index (κ1) is 24.2. The second-order valence-electron chi connectivity index (χ2n) is 7.69. The van der Waals surface area contributed by atoms with Crippen LogP contribution in [0.1, 0.15) is 22.3 Å². The van der Waals surface area contributed by atoms with E-state index in [2.05, 4.69) is 0 Å². The van der Waals surface area contributed by atoms with Gasteiger partial charge in [-0.25, -0.2) is 0 Å². The molecular weight excluding hydrogens is 493 g/mol. The van der Waals surface area contributed by atoms with E-state index in [-0.39, 0.29) is 17.7 Å². The number of methoxy groups -OCH3 is 1. The molecule has 4 rings (SSSR count). The van der Waals surface area contributed by atoms with Crippen molar-refractivity contribution in [2.45, 2.75) is 20.1 Å². The summed E-state index contributed by atoms with van der Waals surface area (Å²) in [6, 6.07) is 18.4. The standard InChI is InChI=1S/C26H21Cl2NO4S/c1-16-3-5-17(6-4-16)15-33-22-10-7-18(11-23(22)32-2)12-24-25(30)29(26(31)34-24)14-19-8-9-20(27)13-21(19)28/h3-13H,14-15H2,1-2H3/b24-12+. The molecule has 0 aromatic heterocycles. The number of halogens is 2. The monoisotopic (exact) mass is 513 g/mol. The summed E-state index contributed by atoms with van der Waals surface area (Å²) in [6.45, 7) is 2.52. The molecule has 8 heteroatoms. The second kappa shape index (κ2) is 10.6. The van der Waals surface area contributed by atoms with Gasteiger partial charge in [0.1, 0.15) is 6.61 Å². The Hall–Kier alpha value is -2.93. The molecule has 1 aliphatic rings. The minimum absolute atomic E-state index is 0.0765. The third-order valence-electron chi connectivity index (χ3n) is 5.22. The fraction of sp³-hybridized carbons (Fsp3) is 0.154. The molecule has 34 heavy (non-hydrogen) atoms. The summed E-state index contributed by atoms with van der Waals surface area (Å²) >= 11 is 13.0. The minimum Gasteiger partial charge on any atom is -0.493 e. The molecule has 1 saturated heterocycles. The number of nitrogens with zero attached hydrogens (tertiary/aromatic N) is 1. The molecule has 5 nitrogen and oxygen atoms in total. The van der Waals surface area contributed by atoms with E-state index in [1.807, 2.05) is 37.3 Å². The number of imide groups is 1. The fourth-order valence-corrected chi connectivity index (χ4v) is 4.65. The van der Waals surface area contributed by atoms with Crippen LogP contribution < -0.4 is 9.47 Å². The lowest BCUT2D eigenvalue weighted by Gasteiger charge is -2.14. The minimum atomic E-state index is -0.375. The Morgan fingerprint density at radius 3 is 2.44 bits per heavy atom. The van der Waals surface area contributed by atoms with E-state index in [4.69, 9.17) is 32.7 Å². The lowest BCUT2D eigenvalue weighted by atomic mass is 10.1. The molecule has 0 saturated carbocycles. The molecule has 174 valence electrons. The first-order valence-corrected chi connectivity index (χ1v) is 12.0. The molecule has 0 spiro atoms. The van der Waals surface area contributed by atoms with Gasteiger partial charge in [0, 0.05) is 10.0 Å². The number of amides is 2. The van der Waals surface area contributed by atoms with E-state index in [1.165, 1.54) is 10.5 Å². The number of rotatable bonds is 7. The quantitative estimate of drug-likeness (QED) is 0.314. The Morgan fingerprint density at radius 1 is 0.971 bits per heavy atom. The highest BCUT2D eigenvalue weighted by molar-refractivity contribution is 8.18. The largest absolute Gasteiger partial charge is 0.493 e. The third-order valence-corrected chi connectivity index (χ3v) is 6.71. The fourth-order valence-electron chi connectivity index (χ4n) is 3.35. The van der Waals surface area contributed by atoms with Crippen molar-refractivity contribution in [1.82, 2.24) is 4.90 Å². The molecule has 0 unspecified atom stereocenters. The van der Waals surface area contributed by atoms with Crippen molar-refractivity contribution >= 4 is 52.2 Å². The number of carbonyl (C=O) groups excluding carboxylic acids is 2. The smallest absolute Gasteiger partial charge is 0.293 e. The van der Waals surface area contributed by atoms with Gasteiger partial charge in [-0.15, -0.1) is 0 Å². The normalized spacial score (nSPS) is 14.7. The molecular formula is C26H21Cl2NO4S. The van der Waals surface area contributed by atoms with Gasteiger partial charge in [-0.2, -0.15) is 0 Å². The molecule has 3 aromatic carbocycles. The van der Waals surface area contributed by atoms with Gasteiger partial charge in [0.25, 0.3) is 11.1 Å². The molecule has 1 aliphatic heterocycles. The van der Waals surface area contributed by atoms with E-state index < -0.39 is 0 Å². The Morgan fingerprint density at radius 2 is 1.74 bits per heavy atom. The first-order valence-electron chi connectivity index (χ1n) is 10.4. The van der Waals surface area contributed by atoms with Gasteiger partial charge in [0.2, 0.25) is 0 Å². The maximum atomic E-state index is 12.9. The Kier molecular flexibility index (Phi) is 7.51. The van der Waals surface area contributed by atoms with Crippen molar-refractivity contribution < 1.29 is 19.1 Å². The Balaban J connectivity index is 1.48. The summed E-state index contributed by atoms with van der Waals surface area (Å²) in [5, 5.41) is 0.539. The number of aryl methyl sites for hydroxylation is 1. The van der Waals surface area contributed by atoms with E-state index in [1.54, 1.807) is 43.5 Å². The third kappa shape index (κ3) is 5.58. The van der Waals surface area contributed by atoms with Gasteiger partial charge >= 0.3 is 0 Å². The maximum Gasteiger partial charge on any atom is 0.293 e. The van der Waals surface area contributed by atoms with E-state index in [0.717, 1.165) is 22.9 Å². The number of thioether (sulfide) groups is 1. The van der Waals surface area contributed by atoms with E-state index in [9.17, 15) is 9.59 Å². The molecule has 0 bridgehead atoms. The van der Waals surface area contributed by atoms with Crippen LogP contribution in [0.2, 0.25) is 10.0 Å². The van der Waals surface area contributed by atoms with Crippen LogP contribution in [0, 0.1) is 6.92 Å². The summed E-state index contributed by atoms with van der Waals surface area (Å²) in [6.07, 6.45) is 1.67. The molecule has 1 fully saturated rings. The number of ether oxygens (including phenoxy) is 2. The van der Waals surface area contributed by atoms with Gasteiger partial charge in [0.15, 0.2) is 11.5 Å². The highest BCUT2D eigenvalue weighted by atomic mass is 35.5. The summed E-state index contributed by atoms with van der Waals surface area (Å²) in [5.41, 5.74) is 3.60. The first-order chi connectivity index (χ1) is 16.3. The molecule has 0 N–H and O–H groups in total. The second-order valence-corrected chi connectivity index (χ2v) is 9.52. The molecule has 3 aromatic rings. The number of benzene rings is 3. The zero-order valence-electron chi connectivity index (χ0n) is 18.5. The van der Waals surface area contributed by atoms with Crippen LogP contribution in [0.3, 0.4) is 0 Å². The molecule has 0 radical (unpaired) electrons. The Labute approximate surface area is 212 Å². The van der Waals surface area contributed by atoms with Gasteiger partial charge in [-0.1, -0.05) is 65.2 Å². The summed E-state index contributed by atoms with van der Waals surface area (Å²) in [7, 11) is 1.56. The zero-order chi connectivity index (χ0) is 24.2. The van der Waals surface area contributed by atoms with Crippen molar-refractivity contribution in [3.8, 4) is 11.5 Å². The maximum absolute atomic E-state index is 12.9. The van der Waals surface area contributed by atoms with Crippen molar-refractivity contribution in [2.75, 3.05) is 7.11 Å². The van der Waals surface area contributed by atoms with Gasteiger partial charge < -0.3 is 9.47 Å². The highest BCUT2D eigenvalue weighted by Gasteiger charge is 2.35. The van der Waals surface area contributed by atoms with Gasteiger partial charge in [-0.3, -0.25) is 14.5 Å². The number of carbonyl (C=O) groups is 2. The summed E-state index contributed by atoms with van der Waals surface area (Å²) in [5.74, 6) is 0.749. The van der Waals surface area contributed by atoms with Crippen LogP contribution >= 0.6 is 35.0 Å².